The van der Waals surface area contributed by atoms with Gasteiger partial charge in [-0.2, -0.15) is 0 Å². The summed E-state index contributed by atoms with van der Waals surface area (Å²) in [4.78, 5) is 12.9. The normalized spacial score (nSPS) is 11.0. The molecule has 2 aromatic carbocycles. The van der Waals surface area contributed by atoms with Crippen LogP contribution in [0.25, 0.3) is 22.0 Å². The maximum Gasteiger partial charge on any atom is 0.197 e. The van der Waals surface area contributed by atoms with Gasteiger partial charge in [-0.25, -0.2) is 0 Å². The molecule has 0 fully saturated rings. The number of aromatic nitrogens is 1. The van der Waals surface area contributed by atoms with Gasteiger partial charge in [-0.1, -0.05) is 42.8 Å². The van der Waals surface area contributed by atoms with E-state index < -0.39 is 0 Å². The van der Waals surface area contributed by atoms with Gasteiger partial charge in [-0.15, -0.1) is 0 Å². The topological polar surface area (TPSA) is 22.0 Å². The van der Waals surface area contributed by atoms with E-state index >= 15 is 0 Å². The average Bonchev–Trinajstić information content (AvgIpc) is 2.51. The van der Waals surface area contributed by atoms with Gasteiger partial charge in [0, 0.05) is 23.7 Å². The Kier molecular flexibility index (Phi) is 3.84. The molecule has 1 heterocycles. The van der Waals surface area contributed by atoms with Gasteiger partial charge in [0.25, 0.3) is 0 Å². The van der Waals surface area contributed by atoms with Crippen LogP contribution in [-0.4, -0.2) is 4.57 Å². The third-order valence-electron chi connectivity index (χ3n) is 4.06. The molecule has 0 unspecified atom stereocenters. The Labute approximate surface area is 131 Å². The van der Waals surface area contributed by atoms with E-state index in [0.717, 1.165) is 35.0 Å². The van der Waals surface area contributed by atoms with Crippen LogP contribution in [-0.2, 0) is 6.54 Å². The molecule has 0 aliphatic carbocycles. The van der Waals surface area contributed by atoms with Crippen LogP contribution in [0.5, 0.6) is 0 Å². The van der Waals surface area contributed by atoms with Crippen molar-refractivity contribution in [1.29, 1.82) is 0 Å². The molecule has 0 spiro atoms. The number of benzene rings is 2. The molecule has 3 rings (SSSR count). The standard InChI is InChI=1S/C20H21NO/c1-4-11-21-13-18(16-8-5-14(2)6-9-16)20(22)17-10-7-15(3)12-19(17)21/h5-10,12-13H,4,11H2,1-3H3. The third-order valence-corrected chi connectivity index (χ3v) is 4.06. The first kappa shape index (κ1) is 14.6. The van der Waals surface area contributed by atoms with Gasteiger partial charge in [-0.05, 0) is 43.5 Å². The molecule has 0 aliphatic rings. The molecule has 3 aromatic rings. The largest absolute Gasteiger partial charge is 0.347 e. The third kappa shape index (κ3) is 2.57. The predicted molar refractivity (Wildman–Crippen MR) is 93.4 cm³/mol. The SMILES string of the molecule is CCCn1cc(-c2ccc(C)cc2)c(=O)c2ccc(C)cc21. The second-order valence-electron chi connectivity index (χ2n) is 5.95. The highest BCUT2D eigenvalue weighted by Crippen LogP contribution is 2.21. The van der Waals surface area contributed by atoms with Gasteiger partial charge in [-0.3, -0.25) is 4.79 Å². The van der Waals surface area contributed by atoms with Gasteiger partial charge in [0.15, 0.2) is 5.43 Å². The minimum atomic E-state index is 0.117. The number of nitrogens with zero attached hydrogens (tertiary/aromatic N) is 1. The summed E-state index contributed by atoms with van der Waals surface area (Å²) in [6.45, 7) is 7.20. The number of aryl methyl sites for hydroxylation is 3. The first-order valence-electron chi connectivity index (χ1n) is 7.81. The molecule has 0 saturated heterocycles. The Hall–Kier alpha value is -2.35. The van der Waals surface area contributed by atoms with Crippen LogP contribution in [0.15, 0.2) is 53.5 Å². The lowest BCUT2D eigenvalue weighted by atomic mass is 10.0. The smallest absolute Gasteiger partial charge is 0.197 e. The minimum absolute atomic E-state index is 0.117. The van der Waals surface area contributed by atoms with Crippen molar-refractivity contribution in [2.24, 2.45) is 0 Å². The molecule has 2 heteroatoms. The van der Waals surface area contributed by atoms with Gasteiger partial charge < -0.3 is 4.57 Å². The Morgan fingerprint density at radius 1 is 0.955 bits per heavy atom. The van der Waals surface area contributed by atoms with Crippen LogP contribution in [0, 0.1) is 13.8 Å². The van der Waals surface area contributed by atoms with Crippen LogP contribution in [0.3, 0.4) is 0 Å². The van der Waals surface area contributed by atoms with Crippen molar-refractivity contribution in [2.75, 3.05) is 0 Å². The maximum atomic E-state index is 12.9. The maximum absolute atomic E-state index is 12.9. The first-order valence-corrected chi connectivity index (χ1v) is 7.81. The molecule has 2 nitrogen and oxygen atoms in total. The molecule has 0 saturated carbocycles. The van der Waals surface area contributed by atoms with E-state index in [0.29, 0.717) is 0 Å². The Balaban J connectivity index is 2.31. The zero-order chi connectivity index (χ0) is 15.7. The second kappa shape index (κ2) is 5.80. The Bertz CT molecular complexity index is 873. The van der Waals surface area contributed by atoms with Crippen LogP contribution >= 0.6 is 0 Å². The summed E-state index contributed by atoms with van der Waals surface area (Å²) in [6, 6.07) is 14.2. The van der Waals surface area contributed by atoms with E-state index in [4.69, 9.17) is 0 Å². The molecule has 0 amide bonds. The van der Waals surface area contributed by atoms with E-state index in [1.807, 2.05) is 30.5 Å². The summed E-state index contributed by atoms with van der Waals surface area (Å²) in [6.07, 6.45) is 3.05. The van der Waals surface area contributed by atoms with Gasteiger partial charge in [0.05, 0.1) is 5.52 Å². The van der Waals surface area contributed by atoms with Crippen molar-refractivity contribution in [2.45, 2.75) is 33.7 Å². The molecule has 0 radical (unpaired) electrons. The van der Waals surface area contributed by atoms with Crippen LogP contribution in [0.2, 0.25) is 0 Å². The molecular formula is C20H21NO. The highest BCUT2D eigenvalue weighted by molar-refractivity contribution is 5.84. The lowest BCUT2D eigenvalue weighted by Gasteiger charge is -2.13. The number of hydrogen-bond acceptors (Lipinski definition) is 1. The van der Waals surface area contributed by atoms with Crippen LogP contribution in [0.1, 0.15) is 24.5 Å². The average molecular weight is 291 g/mol. The van der Waals surface area contributed by atoms with E-state index in [2.05, 4.69) is 43.5 Å². The monoisotopic (exact) mass is 291 g/mol. The lowest BCUT2D eigenvalue weighted by molar-refractivity contribution is 0.698. The fourth-order valence-corrected chi connectivity index (χ4v) is 2.87. The molecular weight excluding hydrogens is 270 g/mol. The summed E-state index contributed by atoms with van der Waals surface area (Å²) in [5.41, 5.74) is 5.30. The van der Waals surface area contributed by atoms with Gasteiger partial charge in [0.1, 0.15) is 0 Å². The lowest BCUT2D eigenvalue weighted by Crippen LogP contribution is -2.12. The molecule has 1 aromatic heterocycles. The molecule has 0 aliphatic heterocycles. The van der Waals surface area contributed by atoms with E-state index in [-0.39, 0.29) is 5.43 Å². The second-order valence-corrected chi connectivity index (χ2v) is 5.95. The van der Waals surface area contributed by atoms with E-state index in [1.165, 1.54) is 11.1 Å². The van der Waals surface area contributed by atoms with Crippen LogP contribution in [0.4, 0.5) is 0 Å². The number of rotatable bonds is 3. The highest BCUT2D eigenvalue weighted by atomic mass is 16.1. The summed E-state index contributed by atoms with van der Waals surface area (Å²) in [7, 11) is 0. The van der Waals surface area contributed by atoms with Gasteiger partial charge in [0.2, 0.25) is 0 Å². The van der Waals surface area contributed by atoms with Crippen molar-refractivity contribution < 1.29 is 0 Å². The van der Waals surface area contributed by atoms with Crippen molar-refractivity contribution in [1.82, 2.24) is 4.57 Å². The van der Waals surface area contributed by atoms with Crippen molar-refractivity contribution >= 4 is 10.9 Å². The van der Waals surface area contributed by atoms with E-state index in [9.17, 15) is 4.79 Å². The molecule has 0 N–H and O–H groups in total. The summed E-state index contributed by atoms with van der Waals surface area (Å²) in [5.74, 6) is 0. The van der Waals surface area contributed by atoms with Crippen molar-refractivity contribution in [3.8, 4) is 11.1 Å². The summed E-state index contributed by atoms with van der Waals surface area (Å²) in [5, 5.41) is 0.803. The molecule has 112 valence electrons. The fourth-order valence-electron chi connectivity index (χ4n) is 2.87. The minimum Gasteiger partial charge on any atom is -0.347 e. The zero-order valence-corrected chi connectivity index (χ0v) is 13.4. The highest BCUT2D eigenvalue weighted by Gasteiger charge is 2.10. The number of pyridine rings is 1. The number of fused-ring (bicyclic) bond motifs is 1. The number of hydrogen-bond donors (Lipinski definition) is 0. The summed E-state index contributed by atoms with van der Waals surface area (Å²) >= 11 is 0. The zero-order valence-electron chi connectivity index (χ0n) is 13.4. The van der Waals surface area contributed by atoms with Gasteiger partial charge >= 0.3 is 0 Å². The fraction of sp³-hybridized carbons (Fsp3) is 0.250. The Morgan fingerprint density at radius 2 is 1.64 bits per heavy atom. The van der Waals surface area contributed by atoms with E-state index in [1.54, 1.807) is 0 Å². The summed E-state index contributed by atoms with van der Waals surface area (Å²) < 4.78 is 2.21. The first-order chi connectivity index (χ1) is 10.6. The predicted octanol–water partition coefficient (Wildman–Crippen LogP) is 4.70. The van der Waals surface area contributed by atoms with Crippen molar-refractivity contribution in [3.63, 3.8) is 0 Å². The van der Waals surface area contributed by atoms with Crippen LogP contribution < -0.4 is 5.43 Å². The molecule has 22 heavy (non-hydrogen) atoms. The Morgan fingerprint density at radius 3 is 2.32 bits per heavy atom. The quantitative estimate of drug-likeness (QED) is 0.686. The van der Waals surface area contributed by atoms with Crippen molar-refractivity contribution in [3.05, 3.63) is 70.0 Å². The molecule has 0 atom stereocenters. The molecule has 0 bridgehead atoms.